The average Bonchev–Trinajstić information content (AvgIpc) is 2.88. The van der Waals surface area contributed by atoms with Gasteiger partial charge in [0.25, 0.3) is 0 Å². The van der Waals surface area contributed by atoms with Crippen LogP contribution in [0.3, 0.4) is 0 Å². The molecule has 0 saturated heterocycles. The van der Waals surface area contributed by atoms with Crippen molar-refractivity contribution >= 4 is 39.2 Å². The van der Waals surface area contributed by atoms with Crippen molar-refractivity contribution < 1.29 is 23.9 Å². The zero-order valence-electron chi connectivity index (χ0n) is 14.5. The molecule has 3 atom stereocenters. The van der Waals surface area contributed by atoms with Crippen molar-refractivity contribution in [3.05, 3.63) is 41.0 Å². The minimum atomic E-state index is -1.56. The molecular formula is C19H19BrO5. The molecule has 0 aromatic heterocycles. The van der Waals surface area contributed by atoms with Gasteiger partial charge in [0.15, 0.2) is 5.78 Å². The third-order valence-electron chi connectivity index (χ3n) is 5.44. The molecule has 1 aromatic carbocycles. The number of ether oxygens (including phenoxy) is 2. The van der Waals surface area contributed by atoms with Crippen LogP contribution in [0.25, 0.3) is 5.57 Å². The molecule has 6 heteroatoms. The molecule has 1 aromatic rings. The summed E-state index contributed by atoms with van der Waals surface area (Å²) in [6.07, 6.45) is 0.450. The number of hydrogen-bond donors (Lipinski definition) is 0. The van der Waals surface area contributed by atoms with E-state index in [-0.39, 0.29) is 5.78 Å². The van der Waals surface area contributed by atoms with Crippen molar-refractivity contribution in [2.75, 3.05) is 14.2 Å². The van der Waals surface area contributed by atoms with Gasteiger partial charge < -0.3 is 9.47 Å². The summed E-state index contributed by atoms with van der Waals surface area (Å²) < 4.78 is 9.94. The Kier molecular flexibility index (Phi) is 4.14. The maximum atomic E-state index is 13.0. The van der Waals surface area contributed by atoms with Crippen LogP contribution in [0, 0.1) is 5.41 Å². The van der Waals surface area contributed by atoms with E-state index in [4.69, 9.17) is 9.47 Å². The number of rotatable bonds is 2. The lowest BCUT2D eigenvalue weighted by Crippen LogP contribution is -2.53. The highest BCUT2D eigenvalue weighted by Crippen LogP contribution is 2.60. The molecule has 132 valence electrons. The summed E-state index contributed by atoms with van der Waals surface area (Å²) >= 11 is 3.43. The van der Waals surface area contributed by atoms with E-state index in [1.54, 1.807) is 0 Å². The zero-order chi connectivity index (χ0) is 18.6. The molecule has 0 spiro atoms. The molecule has 1 fully saturated rings. The first kappa shape index (κ1) is 17.9. The van der Waals surface area contributed by atoms with Gasteiger partial charge in [-0.1, -0.05) is 47.1 Å². The normalized spacial score (nSPS) is 30.6. The quantitative estimate of drug-likeness (QED) is 0.429. The van der Waals surface area contributed by atoms with Crippen molar-refractivity contribution in [3.8, 4) is 0 Å². The predicted octanol–water partition coefficient (Wildman–Crippen LogP) is 2.80. The van der Waals surface area contributed by atoms with Crippen molar-refractivity contribution in [2.45, 2.75) is 30.5 Å². The molecule has 0 aliphatic heterocycles. The number of alkyl halides is 1. The van der Waals surface area contributed by atoms with E-state index in [1.807, 2.05) is 31.2 Å². The summed E-state index contributed by atoms with van der Waals surface area (Å²) in [6.45, 7) is 3.50. The van der Waals surface area contributed by atoms with Crippen LogP contribution in [0.4, 0.5) is 0 Å². The number of carbonyl (C=O) groups excluding carboxylic acids is 3. The first-order chi connectivity index (χ1) is 11.7. The lowest BCUT2D eigenvalue weighted by molar-refractivity contribution is -0.155. The number of carbonyl (C=O) groups is 3. The van der Waals surface area contributed by atoms with Gasteiger partial charge in [0, 0.05) is 5.41 Å². The van der Waals surface area contributed by atoms with Crippen LogP contribution in [0.1, 0.15) is 31.4 Å². The fraction of sp³-hybridized carbons (Fsp3) is 0.421. The Hall–Kier alpha value is -1.95. The van der Waals surface area contributed by atoms with E-state index < -0.39 is 27.6 Å². The van der Waals surface area contributed by atoms with Crippen molar-refractivity contribution in [3.63, 3.8) is 0 Å². The molecule has 1 saturated carbocycles. The second-order valence-corrected chi connectivity index (χ2v) is 7.88. The molecule has 0 bridgehead atoms. The van der Waals surface area contributed by atoms with Crippen molar-refractivity contribution in [1.82, 2.24) is 0 Å². The minimum absolute atomic E-state index is 0.293. The third kappa shape index (κ3) is 2.16. The van der Waals surface area contributed by atoms with Crippen LogP contribution in [-0.2, 0) is 29.3 Å². The zero-order valence-corrected chi connectivity index (χ0v) is 16.1. The number of ketones is 1. The van der Waals surface area contributed by atoms with Gasteiger partial charge in [0.1, 0.15) is 5.41 Å². The molecular weight excluding hydrogens is 388 g/mol. The number of hydrogen-bond acceptors (Lipinski definition) is 5. The maximum Gasteiger partial charge on any atom is 0.338 e. The second-order valence-electron chi connectivity index (χ2n) is 6.77. The van der Waals surface area contributed by atoms with E-state index in [1.165, 1.54) is 21.1 Å². The van der Waals surface area contributed by atoms with Gasteiger partial charge in [-0.2, -0.15) is 0 Å². The third-order valence-corrected chi connectivity index (χ3v) is 6.18. The molecule has 0 unspecified atom stereocenters. The van der Waals surface area contributed by atoms with E-state index in [2.05, 4.69) is 15.9 Å². The molecule has 0 radical (unpaired) electrons. The SMILES string of the molecule is COC(=O)C1=C2[C@](C)(C(=O)OC)C(=O)[C@@H](Br)C[C@@]2(C)c2ccccc21. The topological polar surface area (TPSA) is 69.7 Å². The maximum absolute atomic E-state index is 13.0. The van der Waals surface area contributed by atoms with E-state index in [0.29, 0.717) is 23.1 Å². The Morgan fingerprint density at radius 1 is 1.16 bits per heavy atom. The molecule has 25 heavy (non-hydrogen) atoms. The standard InChI is InChI=1S/C19H19BrO5/c1-18-9-12(20)15(21)19(2,17(23)25-4)14(18)13(16(22)24-3)10-7-5-6-8-11(10)18/h5-8,12H,9H2,1-4H3/t12-,18-,19-/m0/s1. The fourth-order valence-electron chi connectivity index (χ4n) is 4.35. The predicted molar refractivity (Wildman–Crippen MR) is 95.2 cm³/mol. The van der Waals surface area contributed by atoms with Crippen LogP contribution in [-0.4, -0.2) is 36.8 Å². The Labute approximate surface area is 154 Å². The van der Waals surface area contributed by atoms with Gasteiger partial charge in [-0.25, -0.2) is 4.79 Å². The number of methoxy groups -OCH3 is 2. The largest absolute Gasteiger partial charge is 0.468 e. The fourth-order valence-corrected chi connectivity index (χ4v) is 5.46. The minimum Gasteiger partial charge on any atom is -0.468 e. The Morgan fingerprint density at radius 2 is 1.80 bits per heavy atom. The molecule has 3 rings (SSSR count). The number of esters is 2. The van der Waals surface area contributed by atoms with Crippen molar-refractivity contribution in [2.24, 2.45) is 5.41 Å². The van der Waals surface area contributed by atoms with Crippen LogP contribution >= 0.6 is 15.9 Å². The van der Waals surface area contributed by atoms with Crippen LogP contribution in [0.15, 0.2) is 29.8 Å². The number of fused-ring (bicyclic) bond motifs is 3. The summed E-state index contributed by atoms with van der Waals surface area (Å²) in [5.41, 5.74) is 0.180. The molecule has 0 amide bonds. The van der Waals surface area contributed by atoms with Crippen LogP contribution < -0.4 is 0 Å². The summed E-state index contributed by atoms with van der Waals surface area (Å²) in [7, 11) is 2.54. The number of Topliss-reactive ketones (excluding diaryl/α,β-unsaturated/α-hetero) is 1. The van der Waals surface area contributed by atoms with E-state index in [0.717, 1.165) is 5.56 Å². The lowest BCUT2D eigenvalue weighted by Gasteiger charge is -2.44. The Balaban J connectivity index is 2.43. The smallest absolute Gasteiger partial charge is 0.338 e. The highest BCUT2D eigenvalue weighted by molar-refractivity contribution is 9.10. The first-order valence-corrected chi connectivity index (χ1v) is 8.85. The van der Waals surface area contributed by atoms with Gasteiger partial charge in [-0.3, -0.25) is 9.59 Å². The summed E-state index contributed by atoms with van der Waals surface area (Å²) in [6, 6.07) is 7.46. The van der Waals surface area contributed by atoms with Gasteiger partial charge in [0.2, 0.25) is 0 Å². The van der Waals surface area contributed by atoms with E-state index in [9.17, 15) is 14.4 Å². The van der Waals surface area contributed by atoms with Crippen LogP contribution in [0.2, 0.25) is 0 Å². The summed E-state index contributed by atoms with van der Waals surface area (Å²) in [5.74, 6) is -1.53. The molecule has 2 aliphatic rings. The summed E-state index contributed by atoms with van der Waals surface area (Å²) in [4.78, 5) is 37.8. The highest BCUT2D eigenvalue weighted by Gasteiger charge is 2.62. The molecule has 0 heterocycles. The van der Waals surface area contributed by atoms with E-state index >= 15 is 0 Å². The number of halogens is 1. The summed E-state index contributed by atoms with van der Waals surface area (Å²) in [5, 5.41) is 0. The lowest BCUT2D eigenvalue weighted by atomic mass is 9.58. The molecule has 0 N–H and O–H groups in total. The first-order valence-electron chi connectivity index (χ1n) is 7.93. The second kappa shape index (κ2) is 5.80. The number of benzene rings is 1. The average molecular weight is 407 g/mol. The van der Waals surface area contributed by atoms with Crippen molar-refractivity contribution in [1.29, 1.82) is 0 Å². The molecule has 2 aliphatic carbocycles. The Bertz CT molecular complexity index is 827. The van der Waals surface area contributed by atoms with Gasteiger partial charge in [-0.15, -0.1) is 0 Å². The van der Waals surface area contributed by atoms with Crippen LogP contribution in [0.5, 0.6) is 0 Å². The monoisotopic (exact) mass is 406 g/mol. The Morgan fingerprint density at radius 3 is 2.40 bits per heavy atom. The van der Waals surface area contributed by atoms with Gasteiger partial charge in [-0.05, 0) is 30.0 Å². The highest BCUT2D eigenvalue weighted by atomic mass is 79.9. The van der Waals surface area contributed by atoms with Gasteiger partial charge in [0.05, 0.1) is 24.6 Å². The molecule has 5 nitrogen and oxygen atoms in total. The van der Waals surface area contributed by atoms with Gasteiger partial charge >= 0.3 is 11.9 Å².